The zero-order chi connectivity index (χ0) is 11.9. The number of imidazole rings is 1. The molecule has 0 spiro atoms. The standard InChI is InChI=1S/C13H24N4/c1-17-9-3-4-12(11-17)10-14-6-2-5-13-15-7-8-16-13/h7-8,12,14H,2-6,9-11H2,1H3,(H,15,16). The van der Waals surface area contributed by atoms with Crippen LogP contribution in [0.2, 0.25) is 0 Å². The van der Waals surface area contributed by atoms with Crippen LogP contribution in [0, 0.1) is 5.92 Å². The summed E-state index contributed by atoms with van der Waals surface area (Å²) in [5.74, 6) is 1.95. The largest absolute Gasteiger partial charge is 0.349 e. The Bertz CT molecular complexity index is 296. The van der Waals surface area contributed by atoms with Crippen molar-refractivity contribution in [3.8, 4) is 0 Å². The predicted octanol–water partition coefficient (Wildman–Crippen LogP) is 1.27. The predicted molar refractivity (Wildman–Crippen MR) is 70.0 cm³/mol. The summed E-state index contributed by atoms with van der Waals surface area (Å²) in [4.78, 5) is 9.80. The Morgan fingerprint density at radius 1 is 1.59 bits per heavy atom. The van der Waals surface area contributed by atoms with Crippen molar-refractivity contribution in [3.05, 3.63) is 18.2 Å². The van der Waals surface area contributed by atoms with Gasteiger partial charge < -0.3 is 15.2 Å². The van der Waals surface area contributed by atoms with Crippen molar-refractivity contribution in [1.29, 1.82) is 0 Å². The normalized spacial score (nSPS) is 21.8. The molecule has 1 aliphatic heterocycles. The first-order chi connectivity index (χ1) is 8.34. The third-order valence-electron chi connectivity index (χ3n) is 3.48. The van der Waals surface area contributed by atoms with Crippen LogP contribution in [-0.4, -0.2) is 48.1 Å². The van der Waals surface area contributed by atoms with Crippen molar-refractivity contribution in [2.24, 2.45) is 5.92 Å². The number of nitrogens with zero attached hydrogens (tertiary/aromatic N) is 2. The zero-order valence-electron chi connectivity index (χ0n) is 10.8. The fourth-order valence-corrected chi connectivity index (χ4v) is 2.56. The number of rotatable bonds is 6. The lowest BCUT2D eigenvalue weighted by Crippen LogP contribution is -2.37. The second-order valence-corrected chi connectivity index (χ2v) is 5.11. The van der Waals surface area contributed by atoms with Crippen molar-refractivity contribution < 1.29 is 0 Å². The molecule has 17 heavy (non-hydrogen) atoms. The lowest BCUT2D eigenvalue weighted by Gasteiger charge is -2.29. The first-order valence-corrected chi connectivity index (χ1v) is 6.72. The van der Waals surface area contributed by atoms with E-state index in [-0.39, 0.29) is 0 Å². The molecule has 0 radical (unpaired) electrons. The summed E-state index contributed by atoms with van der Waals surface area (Å²) in [7, 11) is 2.23. The molecule has 0 saturated carbocycles. The Hall–Kier alpha value is -0.870. The minimum absolute atomic E-state index is 0.845. The maximum Gasteiger partial charge on any atom is 0.106 e. The quantitative estimate of drug-likeness (QED) is 0.731. The van der Waals surface area contributed by atoms with E-state index >= 15 is 0 Å². The lowest BCUT2D eigenvalue weighted by atomic mass is 9.98. The molecule has 4 heteroatoms. The molecule has 1 aliphatic rings. The summed E-state index contributed by atoms with van der Waals surface area (Å²) in [6.45, 7) is 4.80. The highest BCUT2D eigenvalue weighted by Gasteiger charge is 2.16. The van der Waals surface area contributed by atoms with Crippen LogP contribution in [0.15, 0.2) is 12.4 Å². The molecule has 0 amide bonds. The third kappa shape index (κ3) is 4.48. The Morgan fingerprint density at radius 2 is 2.53 bits per heavy atom. The molecule has 96 valence electrons. The molecule has 2 heterocycles. The van der Waals surface area contributed by atoms with Crippen molar-refractivity contribution in [1.82, 2.24) is 20.2 Å². The first-order valence-electron chi connectivity index (χ1n) is 6.72. The average molecular weight is 236 g/mol. The smallest absolute Gasteiger partial charge is 0.106 e. The van der Waals surface area contributed by atoms with Gasteiger partial charge in [0.2, 0.25) is 0 Å². The molecule has 1 atom stereocenters. The molecule has 0 bridgehead atoms. The second-order valence-electron chi connectivity index (χ2n) is 5.11. The van der Waals surface area contributed by atoms with Crippen molar-refractivity contribution >= 4 is 0 Å². The van der Waals surface area contributed by atoms with Gasteiger partial charge >= 0.3 is 0 Å². The van der Waals surface area contributed by atoms with Gasteiger partial charge in [0.1, 0.15) is 5.82 Å². The maximum absolute atomic E-state index is 4.22. The second kappa shape index (κ2) is 6.77. The highest BCUT2D eigenvalue weighted by atomic mass is 15.1. The van der Waals surface area contributed by atoms with Gasteiger partial charge in [0.25, 0.3) is 0 Å². The molecule has 0 aromatic carbocycles. The van der Waals surface area contributed by atoms with Gasteiger partial charge in [0, 0.05) is 25.4 Å². The van der Waals surface area contributed by atoms with E-state index in [2.05, 4.69) is 27.2 Å². The van der Waals surface area contributed by atoms with Gasteiger partial charge in [-0.2, -0.15) is 0 Å². The maximum atomic E-state index is 4.22. The molecule has 2 N–H and O–H groups in total. The van der Waals surface area contributed by atoms with Crippen LogP contribution in [0.4, 0.5) is 0 Å². The number of nitrogens with one attached hydrogen (secondary N) is 2. The molecular formula is C13H24N4. The lowest BCUT2D eigenvalue weighted by molar-refractivity contribution is 0.206. The van der Waals surface area contributed by atoms with E-state index in [4.69, 9.17) is 0 Å². The number of piperidine rings is 1. The van der Waals surface area contributed by atoms with Gasteiger partial charge in [0.05, 0.1) is 0 Å². The van der Waals surface area contributed by atoms with Crippen molar-refractivity contribution in [2.45, 2.75) is 25.7 Å². The van der Waals surface area contributed by atoms with Crippen LogP contribution < -0.4 is 5.32 Å². The SMILES string of the molecule is CN1CCCC(CNCCCc2ncc[nH]2)C1. The molecule has 1 unspecified atom stereocenters. The van der Waals surface area contributed by atoms with Gasteiger partial charge in [-0.15, -0.1) is 0 Å². The van der Waals surface area contributed by atoms with E-state index in [9.17, 15) is 0 Å². The van der Waals surface area contributed by atoms with Crippen LogP contribution in [0.1, 0.15) is 25.1 Å². The number of aromatic amines is 1. The summed E-state index contributed by atoms with van der Waals surface area (Å²) in [6, 6.07) is 0. The summed E-state index contributed by atoms with van der Waals surface area (Å²) < 4.78 is 0. The molecule has 4 nitrogen and oxygen atoms in total. The minimum atomic E-state index is 0.845. The molecule has 1 fully saturated rings. The number of hydrogen-bond acceptors (Lipinski definition) is 3. The number of H-pyrrole nitrogens is 1. The number of aryl methyl sites for hydroxylation is 1. The van der Waals surface area contributed by atoms with Crippen molar-refractivity contribution in [2.75, 3.05) is 33.2 Å². The summed E-state index contributed by atoms with van der Waals surface area (Å²) >= 11 is 0. The van der Waals surface area contributed by atoms with Gasteiger partial charge in [-0.3, -0.25) is 0 Å². The summed E-state index contributed by atoms with van der Waals surface area (Å²) in [5.41, 5.74) is 0. The Morgan fingerprint density at radius 3 is 3.29 bits per heavy atom. The number of hydrogen-bond donors (Lipinski definition) is 2. The number of aromatic nitrogens is 2. The first kappa shape index (κ1) is 12.6. The third-order valence-corrected chi connectivity index (χ3v) is 3.48. The minimum Gasteiger partial charge on any atom is -0.349 e. The molecule has 1 saturated heterocycles. The van der Waals surface area contributed by atoms with Crippen molar-refractivity contribution in [3.63, 3.8) is 0 Å². The summed E-state index contributed by atoms with van der Waals surface area (Å²) in [6.07, 6.45) is 8.66. The van der Waals surface area contributed by atoms with Crippen LogP contribution in [0.5, 0.6) is 0 Å². The number of likely N-dealkylation sites (tertiary alicyclic amines) is 1. The Labute approximate surface area is 104 Å². The van der Waals surface area contributed by atoms with E-state index in [0.717, 1.165) is 31.1 Å². The molecular weight excluding hydrogens is 212 g/mol. The summed E-state index contributed by atoms with van der Waals surface area (Å²) in [5, 5.41) is 3.57. The fraction of sp³-hybridized carbons (Fsp3) is 0.769. The van der Waals surface area contributed by atoms with E-state index in [1.807, 2.05) is 12.4 Å². The van der Waals surface area contributed by atoms with Gasteiger partial charge in [-0.25, -0.2) is 4.98 Å². The van der Waals surface area contributed by atoms with Gasteiger partial charge in [0.15, 0.2) is 0 Å². The van der Waals surface area contributed by atoms with Gasteiger partial charge in [-0.1, -0.05) is 0 Å². The van der Waals surface area contributed by atoms with Crippen LogP contribution >= 0.6 is 0 Å². The molecule has 0 aliphatic carbocycles. The topological polar surface area (TPSA) is 44.0 Å². The molecule has 2 rings (SSSR count). The van der Waals surface area contributed by atoms with Crippen LogP contribution in [0.25, 0.3) is 0 Å². The van der Waals surface area contributed by atoms with E-state index in [1.165, 1.54) is 32.5 Å². The fourth-order valence-electron chi connectivity index (χ4n) is 2.56. The van der Waals surface area contributed by atoms with Crippen LogP contribution in [-0.2, 0) is 6.42 Å². The van der Waals surface area contributed by atoms with Crippen LogP contribution in [0.3, 0.4) is 0 Å². The van der Waals surface area contributed by atoms with E-state index in [0.29, 0.717) is 0 Å². The molecule has 1 aromatic rings. The van der Waals surface area contributed by atoms with Gasteiger partial charge in [-0.05, 0) is 51.9 Å². The zero-order valence-corrected chi connectivity index (χ0v) is 10.8. The highest BCUT2D eigenvalue weighted by Crippen LogP contribution is 2.13. The monoisotopic (exact) mass is 236 g/mol. The Kier molecular flexibility index (Phi) is 5.01. The van der Waals surface area contributed by atoms with E-state index < -0.39 is 0 Å². The Balaban J connectivity index is 1.51. The average Bonchev–Trinajstić information content (AvgIpc) is 2.82. The van der Waals surface area contributed by atoms with E-state index in [1.54, 1.807) is 0 Å². The molecule has 1 aromatic heterocycles. The highest BCUT2D eigenvalue weighted by molar-refractivity contribution is 4.86.